The Bertz CT molecular complexity index is 1400. The molecule has 1 aliphatic carbocycles. The number of hydrogen-bond acceptors (Lipinski definition) is 6. The summed E-state index contributed by atoms with van der Waals surface area (Å²) in [5.74, 6) is -1.54. The van der Waals surface area contributed by atoms with Gasteiger partial charge in [-0.1, -0.05) is 55.7 Å². The lowest BCUT2D eigenvalue weighted by Gasteiger charge is -2.36. The number of fused-ring (bicyclic) bond motifs is 2. The third-order valence-electron chi connectivity index (χ3n) is 9.18. The molecule has 0 spiro atoms. The van der Waals surface area contributed by atoms with Crippen LogP contribution in [0, 0.1) is 11.8 Å². The van der Waals surface area contributed by atoms with E-state index in [9.17, 15) is 22.8 Å². The Morgan fingerprint density at radius 2 is 1.68 bits per heavy atom. The van der Waals surface area contributed by atoms with E-state index in [-0.39, 0.29) is 30.2 Å². The Morgan fingerprint density at radius 1 is 0.976 bits per heavy atom. The van der Waals surface area contributed by atoms with Crippen LogP contribution in [0.2, 0.25) is 0 Å². The van der Waals surface area contributed by atoms with Gasteiger partial charge in [-0.2, -0.15) is 4.31 Å². The van der Waals surface area contributed by atoms with Crippen LogP contribution >= 0.6 is 0 Å². The summed E-state index contributed by atoms with van der Waals surface area (Å²) in [6.07, 6.45) is 6.38. The molecule has 222 valence electrons. The third kappa shape index (κ3) is 5.98. The van der Waals surface area contributed by atoms with Gasteiger partial charge in [-0.15, -0.1) is 0 Å². The van der Waals surface area contributed by atoms with Crippen molar-refractivity contribution < 1.29 is 22.8 Å². The number of carbonyl (C=O) groups is 3. The monoisotopic (exact) mass is 583 g/mol. The number of benzene rings is 2. The fourth-order valence-electron chi connectivity index (χ4n) is 6.91. The van der Waals surface area contributed by atoms with E-state index in [0.717, 1.165) is 49.1 Å². The largest absolute Gasteiger partial charge is 0.343 e. The lowest BCUT2D eigenvalue weighted by molar-refractivity contribution is -0.140. The van der Waals surface area contributed by atoms with Crippen LogP contribution in [0.3, 0.4) is 0 Å². The average Bonchev–Trinajstić information content (AvgIpc) is 3.56. The topological polar surface area (TPSA) is 128 Å². The van der Waals surface area contributed by atoms with Crippen LogP contribution in [0.4, 0.5) is 5.69 Å². The zero-order valence-electron chi connectivity index (χ0n) is 24.0. The molecule has 41 heavy (non-hydrogen) atoms. The molecule has 2 aliphatic heterocycles. The molecule has 0 unspecified atom stereocenters. The van der Waals surface area contributed by atoms with Crippen LogP contribution < -0.4 is 16.0 Å². The molecule has 0 radical (unpaired) electrons. The van der Waals surface area contributed by atoms with Crippen LogP contribution in [-0.4, -0.2) is 85.9 Å². The molecule has 1 saturated carbocycles. The van der Waals surface area contributed by atoms with Crippen molar-refractivity contribution in [3.63, 3.8) is 0 Å². The second-order valence-electron chi connectivity index (χ2n) is 11.7. The van der Waals surface area contributed by atoms with E-state index >= 15 is 0 Å². The van der Waals surface area contributed by atoms with Gasteiger partial charge in [0.25, 0.3) is 0 Å². The molecule has 2 heterocycles. The van der Waals surface area contributed by atoms with E-state index in [1.807, 2.05) is 42.5 Å². The maximum absolute atomic E-state index is 14.3. The second-order valence-corrected chi connectivity index (χ2v) is 13.7. The van der Waals surface area contributed by atoms with Crippen LogP contribution in [-0.2, 0) is 24.4 Å². The maximum Gasteiger partial charge on any atom is 0.245 e. The highest BCUT2D eigenvalue weighted by molar-refractivity contribution is 7.88. The molecule has 2 aromatic carbocycles. The van der Waals surface area contributed by atoms with Gasteiger partial charge in [-0.25, -0.2) is 8.42 Å². The van der Waals surface area contributed by atoms with Crippen molar-refractivity contribution in [3.8, 4) is 0 Å². The molecular weight excluding hydrogens is 542 g/mol. The SMILES string of the molecule is CN[C@H](C)C(=O)N[C@H](C(=O)N1CC[C@@H]2[C@H]1[C@@H](C(=O)Nc1cccc3ccccc13)CN2S(C)(=O)=O)C1CCCCC1. The number of amides is 3. The molecule has 5 rings (SSSR count). The highest BCUT2D eigenvalue weighted by atomic mass is 32.2. The molecule has 3 amide bonds. The normalized spacial score (nSPS) is 25.0. The molecule has 5 atom stereocenters. The summed E-state index contributed by atoms with van der Waals surface area (Å²) in [6, 6.07) is 11.1. The van der Waals surface area contributed by atoms with Crippen LogP contribution in [0.5, 0.6) is 0 Å². The summed E-state index contributed by atoms with van der Waals surface area (Å²) in [5.41, 5.74) is 0.645. The van der Waals surface area contributed by atoms with Crippen LogP contribution in [0.1, 0.15) is 45.4 Å². The fourth-order valence-corrected chi connectivity index (χ4v) is 8.06. The van der Waals surface area contributed by atoms with Crippen LogP contribution in [0.25, 0.3) is 10.8 Å². The van der Waals surface area contributed by atoms with Gasteiger partial charge in [0.1, 0.15) is 6.04 Å². The minimum Gasteiger partial charge on any atom is -0.343 e. The second kappa shape index (κ2) is 12.1. The number of likely N-dealkylation sites (tertiary alicyclic amines) is 1. The smallest absolute Gasteiger partial charge is 0.245 e. The van der Waals surface area contributed by atoms with Crippen molar-refractivity contribution >= 4 is 44.2 Å². The molecule has 3 aliphatic rings. The summed E-state index contributed by atoms with van der Waals surface area (Å²) in [6.45, 7) is 2.09. The minimum absolute atomic E-state index is 0.00122. The van der Waals surface area contributed by atoms with Gasteiger partial charge in [-0.3, -0.25) is 14.4 Å². The Morgan fingerprint density at radius 3 is 2.39 bits per heavy atom. The van der Waals surface area contributed by atoms with Crippen LogP contribution in [0.15, 0.2) is 42.5 Å². The zero-order chi connectivity index (χ0) is 29.3. The first-order chi connectivity index (χ1) is 19.6. The van der Waals surface area contributed by atoms with Crippen molar-refractivity contribution in [1.82, 2.24) is 19.8 Å². The van der Waals surface area contributed by atoms with Gasteiger partial charge in [0.15, 0.2) is 0 Å². The number of likely N-dealkylation sites (N-methyl/N-ethyl adjacent to an activating group) is 1. The first-order valence-electron chi connectivity index (χ1n) is 14.6. The predicted molar refractivity (Wildman–Crippen MR) is 159 cm³/mol. The van der Waals surface area contributed by atoms with E-state index in [1.165, 1.54) is 4.31 Å². The summed E-state index contributed by atoms with van der Waals surface area (Å²) in [5, 5.41) is 10.9. The first-order valence-corrected chi connectivity index (χ1v) is 16.5. The van der Waals surface area contributed by atoms with Crippen molar-refractivity contribution in [2.24, 2.45) is 11.8 Å². The van der Waals surface area contributed by atoms with E-state index < -0.39 is 40.1 Å². The Balaban J connectivity index is 1.45. The lowest BCUT2D eigenvalue weighted by Crippen LogP contribution is -2.58. The number of nitrogens with one attached hydrogen (secondary N) is 3. The average molecular weight is 584 g/mol. The Kier molecular flexibility index (Phi) is 8.68. The van der Waals surface area contributed by atoms with E-state index in [1.54, 1.807) is 18.9 Å². The molecule has 0 aromatic heterocycles. The highest BCUT2D eigenvalue weighted by Crippen LogP contribution is 2.39. The first kappa shape index (κ1) is 29.5. The summed E-state index contributed by atoms with van der Waals surface area (Å²) < 4.78 is 27.0. The molecule has 2 aromatic rings. The van der Waals surface area contributed by atoms with E-state index in [2.05, 4.69) is 16.0 Å². The van der Waals surface area contributed by atoms with Gasteiger partial charge in [0.2, 0.25) is 27.7 Å². The van der Waals surface area contributed by atoms with Gasteiger partial charge in [-0.05, 0) is 50.6 Å². The number of hydrogen-bond donors (Lipinski definition) is 3. The molecule has 11 heteroatoms. The predicted octanol–water partition coefficient (Wildman–Crippen LogP) is 2.31. The molecule has 3 fully saturated rings. The molecular formula is C30H41N5O5S. The summed E-state index contributed by atoms with van der Waals surface area (Å²) >= 11 is 0. The van der Waals surface area contributed by atoms with Crippen molar-refractivity contribution in [2.45, 2.75) is 69.6 Å². The molecule has 3 N–H and O–H groups in total. The molecule has 10 nitrogen and oxygen atoms in total. The Hall–Kier alpha value is -3.02. The fraction of sp³-hybridized carbons (Fsp3) is 0.567. The standard InChI is InChI=1S/C30H41N5O5S/c1-19(31-2)28(36)33-26(21-11-5-4-6-12-21)30(38)34-17-16-25-27(34)23(18-35(25)41(3,39)40)29(37)32-24-15-9-13-20-10-7-8-14-22(20)24/h7-10,13-15,19,21,23,25-27,31H,4-6,11-12,16-18H2,1-3H3,(H,32,37)(H,33,36)/t19-,23+,25-,26+,27-/m1/s1. The van der Waals surface area contributed by atoms with Gasteiger partial charge in [0.05, 0.1) is 24.3 Å². The summed E-state index contributed by atoms with van der Waals surface area (Å²) in [7, 11) is -1.92. The third-order valence-corrected chi connectivity index (χ3v) is 10.5. The molecule has 0 bridgehead atoms. The van der Waals surface area contributed by atoms with E-state index in [4.69, 9.17) is 0 Å². The number of sulfonamides is 1. The lowest BCUT2D eigenvalue weighted by atomic mass is 9.83. The number of carbonyl (C=O) groups excluding carboxylic acids is 3. The van der Waals surface area contributed by atoms with E-state index in [0.29, 0.717) is 18.7 Å². The quantitative estimate of drug-likeness (QED) is 0.438. The van der Waals surface area contributed by atoms with Crippen molar-refractivity contribution in [1.29, 1.82) is 0 Å². The zero-order valence-corrected chi connectivity index (χ0v) is 24.8. The highest BCUT2D eigenvalue weighted by Gasteiger charge is 2.56. The van der Waals surface area contributed by atoms with Crippen molar-refractivity contribution in [3.05, 3.63) is 42.5 Å². The van der Waals surface area contributed by atoms with Crippen molar-refractivity contribution in [2.75, 3.05) is 31.7 Å². The number of nitrogens with zero attached hydrogens (tertiary/aromatic N) is 2. The van der Waals surface area contributed by atoms with Gasteiger partial charge >= 0.3 is 0 Å². The molecule has 2 saturated heterocycles. The number of anilines is 1. The minimum atomic E-state index is -3.62. The summed E-state index contributed by atoms with van der Waals surface area (Å²) in [4.78, 5) is 42.8. The van der Waals surface area contributed by atoms with Gasteiger partial charge < -0.3 is 20.9 Å². The maximum atomic E-state index is 14.3. The number of rotatable bonds is 8. The Labute approximate surface area is 242 Å². The van der Waals surface area contributed by atoms with Gasteiger partial charge in [0, 0.05) is 30.2 Å².